The van der Waals surface area contributed by atoms with Gasteiger partial charge >= 0.3 is 0 Å². The summed E-state index contributed by atoms with van der Waals surface area (Å²) in [6.45, 7) is 4.05. The Morgan fingerprint density at radius 1 is 1.28 bits per heavy atom. The lowest BCUT2D eigenvalue weighted by Gasteiger charge is -2.03. The van der Waals surface area contributed by atoms with Gasteiger partial charge < -0.3 is 10.1 Å². The van der Waals surface area contributed by atoms with Crippen molar-refractivity contribution in [3.8, 4) is 5.75 Å². The van der Waals surface area contributed by atoms with Crippen molar-refractivity contribution in [1.29, 1.82) is 0 Å². The van der Waals surface area contributed by atoms with Crippen molar-refractivity contribution in [3.63, 3.8) is 0 Å². The highest BCUT2D eigenvalue weighted by Crippen LogP contribution is 2.14. The number of nitrogens with one attached hydrogen (secondary N) is 2. The summed E-state index contributed by atoms with van der Waals surface area (Å²) in [5, 5.41) is 5.62. The molecule has 1 heterocycles. The molecule has 2 rings (SSSR count). The van der Waals surface area contributed by atoms with E-state index >= 15 is 0 Å². The number of carbonyl (C=O) groups is 1. The number of hydrogen-bond acceptors (Lipinski definition) is 3. The Bertz CT molecular complexity index is 520. The van der Waals surface area contributed by atoms with Crippen molar-refractivity contribution in [1.82, 2.24) is 10.6 Å². The molecule has 0 unspecified atom stereocenters. The van der Waals surface area contributed by atoms with Crippen LogP contribution < -0.4 is 15.4 Å². The van der Waals surface area contributed by atoms with Gasteiger partial charge in [-0.05, 0) is 36.0 Å². The molecule has 4 nitrogen and oxygen atoms in total. The smallest absolute Gasteiger partial charge is 0.273 e. The number of rotatable bonds is 4. The van der Waals surface area contributed by atoms with E-state index in [2.05, 4.69) is 17.2 Å². The van der Waals surface area contributed by atoms with Gasteiger partial charge in [0, 0.05) is 0 Å². The molecule has 1 aromatic carbocycles. The van der Waals surface area contributed by atoms with E-state index in [9.17, 15) is 4.79 Å². The molecule has 1 saturated heterocycles. The van der Waals surface area contributed by atoms with Gasteiger partial charge in [0.05, 0.1) is 0 Å². The summed E-state index contributed by atoms with van der Waals surface area (Å²) in [7, 11) is 0. The van der Waals surface area contributed by atoms with Crippen LogP contribution in [0.1, 0.15) is 5.56 Å². The largest absolute Gasteiger partial charge is 0.490 e. The van der Waals surface area contributed by atoms with Crippen LogP contribution in [0.15, 0.2) is 42.6 Å². The van der Waals surface area contributed by atoms with E-state index in [4.69, 9.17) is 17.0 Å². The second-order valence-electron chi connectivity index (χ2n) is 3.63. The quantitative estimate of drug-likeness (QED) is 0.490. The van der Waals surface area contributed by atoms with Gasteiger partial charge in [0.1, 0.15) is 18.1 Å². The Balaban J connectivity index is 2.10. The van der Waals surface area contributed by atoms with Gasteiger partial charge in [0.15, 0.2) is 5.11 Å². The van der Waals surface area contributed by atoms with Crippen molar-refractivity contribution >= 4 is 29.3 Å². The normalized spacial score (nSPS) is 16.3. The van der Waals surface area contributed by atoms with Crippen LogP contribution in [0.3, 0.4) is 0 Å². The molecule has 0 aromatic heterocycles. The van der Waals surface area contributed by atoms with Gasteiger partial charge in [-0.2, -0.15) is 0 Å². The Labute approximate surface area is 110 Å². The zero-order valence-electron chi connectivity index (χ0n) is 9.60. The average Bonchev–Trinajstić information content (AvgIpc) is 2.67. The Morgan fingerprint density at radius 3 is 2.56 bits per heavy atom. The van der Waals surface area contributed by atoms with Crippen molar-refractivity contribution in [2.75, 3.05) is 6.61 Å². The molecule has 1 aromatic rings. The van der Waals surface area contributed by atoms with Crippen molar-refractivity contribution < 1.29 is 9.53 Å². The van der Waals surface area contributed by atoms with Gasteiger partial charge in [0.2, 0.25) is 0 Å². The van der Waals surface area contributed by atoms with E-state index in [1.165, 1.54) is 0 Å². The van der Waals surface area contributed by atoms with Crippen molar-refractivity contribution in [3.05, 3.63) is 48.2 Å². The number of benzene rings is 1. The lowest BCUT2D eigenvalue weighted by atomic mass is 10.2. The summed E-state index contributed by atoms with van der Waals surface area (Å²) in [6, 6.07) is 7.39. The van der Waals surface area contributed by atoms with Crippen LogP contribution in [0, 0.1) is 0 Å². The molecule has 2 N–H and O–H groups in total. The third kappa shape index (κ3) is 2.95. The lowest BCUT2D eigenvalue weighted by Crippen LogP contribution is -2.21. The van der Waals surface area contributed by atoms with Gasteiger partial charge in [-0.15, -0.1) is 0 Å². The minimum Gasteiger partial charge on any atom is -0.490 e. The number of ether oxygens (including phenoxy) is 1. The molecule has 0 radical (unpaired) electrons. The zero-order chi connectivity index (χ0) is 13.0. The Morgan fingerprint density at radius 2 is 2.00 bits per heavy atom. The monoisotopic (exact) mass is 260 g/mol. The molecule has 18 heavy (non-hydrogen) atoms. The van der Waals surface area contributed by atoms with Crippen LogP contribution in [-0.4, -0.2) is 17.6 Å². The van der Waals surface area contributed by atoms with E-state index in [0.717, 1.165) is 11.3 Å². The third-order valence-corrected chi connectivity index (χ3v) is 2.48. The maximum Gasteiger partial charge on any atom is 0.273 e. The first kappa shape index (κ1) is 12.3. The fourth-order valence-corrected chi connectivity index (χ4v) is 1.67. The summed E-state index contributed by atoms with van der Waals surface area (Å²) in [4.78, 5) is 11.4. The maximum absolute atomic E-state index is 11.4. The van der Waals surface area contributed by atoms with Crippen molar-refractivity contribution in [2.45, 2.75) is 0 Å². The molecular weight excluding hydrogens is 248 g/mol. The molecule has 0 aliphatic carbocycles. The molecule has 0 atom stereocenters. The summed E-state index contributed by atoms with van der Waals surface area (Å²) in [5.41, 5.74) is 1.34. The average molecular weight is 260 g/mol. The third-order valence-electron chi connectivity index (χ3n) is 2.28. The fourth-order valence-electron chi connectivity index (χ4n) is 1.46. The first-order valence-electron chi connectivity index (χ1n) is 5.37. The number of carbonyl (C=O) groups excluding carboxylic acids is 1. The van der Waals surface area contributed by atoms with Gasteiger partial charge in [0.25, 0.3) is 5.91 Å². The zero-order valence-corrected chi connectivity index (χ0v) is 10.4. The minimum absolute atomic E-state index is 0.216. The molecule has 0 bridgehead atoms. The molecule has 1 aliphatic heterocycles. The van der Waals surface area contributed by atoms with E-state index in [1.54, 1.807) is 12.2 Å². The van der Waals surface area contributed by atoms with Crippen LogP contribution in [0.25, 0.3) is 6.08 Å². The van der Waals surface area contributed by atoms with E-state index in [1.807, 2.05) is 24.3 Å². The highest BCUT2D eigenvalue weighted by atomic mass is 32.1. The van der Waals surface area contributed by atoms with Crippen LogP contribution in [-0.2, 0) is 4.79 Å². The van der Waals surface area contributed by atoms with E-state index in [0.29, 0.717) is 17.4 Å². The first-order valence-corrected chi connectivity index (χ1v) is 5.77. The highest BCUT2D eigenvalue weighted by Gasteiger charge is 2.19. The Hall–Kier alpha value is -2.14. The second-order valence-corrected chi connectivity index (χ2v) is 4.04. The molecule has 5 heteroatoms. The van der Waals surface area contributed by atoms with Gasteiger partial charge in [-0.1, -0.05) is 24.8 Å². The SMILES string of the molecule is C=CCOc1ccc(/C=C2\NC(=S)NC2=O)cc1. The van der Waals surface area contributed by atoms with E-state index in [-0.39, 0.29) is 5.91 Å². The lowest BCUT2D eigenvalue weighted by molar-refractivity contribution is -0.115. The summed E-state index contributed by atoms with van der Waals surface area (Å²) < 4.78 is 5.36. The van der Waals surface area contributed by atoms with Crippen molar-refractivity contribution in [2.24, 2.45) is 0 Å². The minimum atomic E-state index is -0.216. The Kier molecular flexibility index (Phi) is 3.74. The first-order chi connectivity index (χ1) is 8.69. The van der Waals surface area contributed by atoms with Crippen LogP contribution in [0.4, 0.5) is 0 Å². The standard InChI is InChI=1S/C13H12N2O2S/c1-2-7-17-10-5-3-9(4-6-10)8-11-12(16)15-13(18)14-11/h2-6,8H,1,7H2,(H2,14,15,16,18)/b11-8-. The molecule has 1 aliphatic rings. The number of hydrogen-bond donors (Lipinski definition) is 2. The second kappa shape index (κ2) is 5.46. The molecule has 1 fully saturated rings. The van der Waals surface area contributed by atoms with Crippen LogP contribution >= 0.6 is 12.2 Å². The predicted molar refractivity (Wildman–Crippen MR) is 74.0 cm³/mol. The fraction of sp³-hybridized carbons (Fsp3) is 0.0769. The summed E-state index contributed by atoms with van der Waals surface area (Å²) in [5.74, 6) is 0.545. The van der Waals surface area contributed by atoms with Crippen LogP contribution in [0.5, 0.6) is 5.75 Å². The molecule has 1 amide bonds. The highest BCUT2D eigenvalue weighted by molar-refractivity contribution is 7.80. The topological polar surface area (TPSA) is 50.4 Å². The van der Waals surface area contributed by atoms with E-state index < -0.39 is 0 Å². The predicted octanol–water partition coefficient (Wildman–Crippen LogP) is 1.60. The molecule has 0 spiro atoms. The van der Waals surface area contributed by atoms with Gasteiger partial charge in [-0.25, -0.2) is 0 Å². The van der Waals surface area contributed by atoms with Crippen LogP contribution in [0.2, 0.25) is 0 Å². The number of thiocarbonyl (C=S) groups is 1. The molecular formula is C13H12N2O2S. The summed E-state index contributed by atoms with van der Waals surface area (Å²) in [6.07, 6.45) is 3.41. The molecule has 0 saturated carbocycles. The maximum atomic E-state index is 11.4. The molecule has 92 valence electrons. The summed E-state index contributed by atoms with van der Waals surface area (Å²) >= 11 is 4.84. The van der Waals surface area contributed by atoms with Gasteiger partial charge in [-0.3, -0.25) is 10.1 Å². The number of amides is 1.